The zero-order chi connectivity index (χ0) is 14.3. The van der Waals surface area contributed by atoms with Gasteiger partial charge in [0.05, 0.1) is 0 Å². The summed E-state index contributed by atoms with van der Waals surface area (Å²) in [4.78, 5) is 2.24. The summed E-state index contributed by atoms with van der Waals surface area (Å²) in [5, 5.41) is 4.17. The van der Waals surface area contributed by atoms with Crippen LogP contribution >= 0.6 is 12.2 Å². The summed E-state index contributed by atoms with van der Waals surface area (Å²) in [5.41, 5.74) is 2.43. The van der Waals surface area contributed by atoms with Crippen LogP contribution in [0.5, 0.6) is 0 Å². The normalized spacial score (nSPS) is 10.6. The molecular weight excluding hydrogens is 252 g/mol. The van der Waals surface area contributed by atoms with Crippen LogP contribution in [0.2, 0.25) is 0 Å². The molecule has 0 fully saturated rings. The number of thiocarbonyl (C=S) groups is 1. The summed E-state index contributed by atoms with van der Waals surface area (Å²) < 4.78 is 0. The van der Waals surface area contributed by atoms with Gasteiger partial charge in [-0.2, -0.15) is 0 Å². The van der Waals surface area contributed by atoms with Crippen molar-refractivity contribution < 1.29 is 0 Å². The van der Waals surface area contributed by atoms with E-state index in [9.17, 15) is 0 Å². The van der Waals surface area contributed by atoms with Crippen molar-refractivity contribution in [3.8, 4) is 0 Å². The third kappa shape index (κ3) is 5.19. The monoisotopic (exact) mass is 278 g/mol. The lowest BCUT2D eigenvalue weighted by Gasteiger charge is -2.25. The minimum Gasteiger partial charge on any atom is -0.349 e. The van der Waals surface area contributed by atoms with E-state index in [2.05, 4.69) is 62.2 Å². The molecule has 0 aromatic heterocycles. The van der Waals surface area contributed by atoms with Crippen LogP contribution in [0.4, 0.5) is 5.69 Å². The summed E-state index contributed by atoms with van der Waals surface area (Å²) in [6.07, 6.45) is 2.24. The molecule has 0 atom stereocenters. The second-order valence-corrected chi connectivity index (χ2v) is 5.58. The van der Waals surface area contributed by atoms with Crippen LogP contribution < -0.4 is 5.32 Å². The molecule has 1 N–H and O–H groups in total. The van der Waals surface area contributed by atoms with Crippen molar-refractivity contribution in [3.05, 3.63) is 29.8 Å². The van der Waals surface area contributed by atoms with Gasteiger partial charge >= 0.3 is 0 Å². The third-order valence-electron chi connectivity index (χ3n) is 3.10. The van der Waals surface area contributed by atoms with Gasteiger partial charge in [-0.1, -0.05) is 39.8 Å². The predicted molar refractivity (Wildman–Crippen MR) is 88.9 cm³/mol. The van der Waals surface area contributed by atoms with Crippen LogP contribution in [0.25, 0.3) is 0 Å². The maximum absolute atomic E-state index is 5.49. The van der Waals surface area contributed by atoms with Gasteiger partial charge in [-0.05, 0) is 48.7 Å². The molecule has 3 heteroatoms. The van der Waals surface area contributed by atoms with E-state index in [1.165, 1.54) is 5.56 Å². The van der Waals surface area contributed by atoms with E-state index in [1.807, 2.05) is 0 Å². The second-order valence-electron chi connectivity index (χ2n) is 5.19. The van der Waals surface area contributed by atoms with E-state index in [1.54, 1.807) is 0 Å². The smallest absolute Gasteiger partial charge is 0.173 e. The van der Waals surface area contributed by atoms with Gasteiger partial charge in [0.15, 0.2) is 5.11 Å². The Morgan fingerprint density at radius 2 is 1.63 bits per heavy atom. The Balaban J connectivity index is 2.64. The van der Waals surface area contributed by atoms with Gasteiger partial charge in [-0.3, -0.25) is 0 Å². The van der Waals surface area contributed by atoms with Crippen molar-refractivity contribution in [1.82, 2.24) is 4.90 Å². The molecule has 0 radical (unpaired) electrons. The Morgan fingerprint density at radius 3 is 2.05 bits per heavy atom. The van der Waals surface area contributed by atoms with Gasteiger partial charge in [0.2, 0.25) is 0 Å². The maximum atomic E-state index is 5.49. The molecule has 19 heavy (non-hydrogen) atoms. The number of nitrogens with one attached hydrogen (secondary N) is 1. The maximum Gasteiger partial charge on any atom is 0.173 e. The number of nitrogens with zero attached hydrogens (tertiary/aromatic N) is 1. The second kappa shape index (κ2) is 8.16. The summed E-state index contributed by atoms with van der Waals surface area (Å²) in [6, 6.07) is 8.55. The first-order chi connectivity index (χ1) is 9.08. The number of hydrogen-bond acceptors (Lipinski definition) is 1. The Hall–Kier alpha value is -1.09. The Morgan fingerprint density at radius 1 is 1.11 bits per heavy atom. The van der Waals surface area contributed by atoms with Gasteiger partial charge in [-0.25, -0.2) is 0 Å². The lowest BCUT2D eigenvalue weighted by Crippen LogP contribution is -2.35. The molecule has 1 aromatic rings. The van der Waals surface area contributed by atoms with Crippen molar-refractivity contribution >= 4 is 23.0 Å². The molecule has 0 unspecified atom stereocenters. The fourth-order valence-corrected chi connectivity index (χ4v) is 2.31. The molecular formula is C16H26N2S. The number of anilines is 1. The topological polar surface area (TPSA) is 15.3 Å². The highest BCUT2D eigenvalue weighted by Gasteiger charge is 2.07. The van der Waals surface area contributed by atoms with E-state index in [4.69, 9.17) is 12.2 Å². The largest absolute Gasteiger partial charge is 0.349 e. The van der Waals surface area contributed by atoms with Crippen LogP contribution in [0.1, 0.15) is 52.0 Å². The van der Waals surface area contributed by atoms with Crippen LogP contribution in [-0.4, -0.2) is 23.1 Å². The van der Waals surface area contributed by atoms with Crippen LogP contribution in [0.15, 0.2) is 24.3 Å². The predicted octanol–water partition coefficient (Wildman–Crippen LogP) is 4.63. The molecule has 0 saturated heterocycles. The molecule has 1 aromatic carbocycles. The number of benzene rings is 1. The van der Waals surface area contributed by atoms with Crippen molar-refractivity contribution in [3.63, 3.8) is 0 Å². The highest BCUT2D eigenvalue weighted by Crippen LogP contribution is 2.17. The van der Waals surface area contributed by atoms with E-state index in [-0.39, 0.29) is 0 Å². The highest BCUT2D eigenvalue weighted by atomic mass is 32.1. The average molecular weight is 278 g/mol. The van der Waals surface area contributed by atoms with Gasteiger partial charge in [0.25, 0.3) is 0 Å². The fraction of sp³-hybridized carbons (Fsp3) is 0.562. The molecule has 0 amide bonds. The van der Waals surface area contributed by atoms with E-state index in [0.29, 0.717) is 5.92 Å². The van der Waals surface area contributed by atoms with E-state index < -0.39 is 0 Å². The highest BCUT2D eigenvalue weighted by molar-refractivity contribution is 7.80. The lowest BCUT2D eigenvalue weighted by atomic mass is 10.0. The lowest BCUT2D eigenvalue weighted by molar-refractivity contribution is 0.423. The summed E-state index contributed by atoms with van der Waals surface area (Å²) in [5.74, 6) is 0.567. The van der Waals surface area contributed by atoms with Crippen LogP contribution in [0, 0.1) is 0 Å². The van der Waals surface area contributed by atoms with Crippen molar-refractivity contribution in [1.29, 1.82) is 0 Å². The molecule has 106 valence electrons. The van der Waals surface area contributed by atoms with Gasteiger partial charge in [0.1, 0.15) is 0 Å². The molecule has 0 aliphatic heterocycles. The van der Waals surface area contributed by atoms with E-state index in [0.717, 1.165) is 36.7 Å². The first kappa shape index (κ1) is 16.0. The summed E-state index contributed by atoms with van der Waals surface area (Å²) >= 11 is 5.49. The average Bonchev–Trinajstić information content (AvgIpc) is 2.39. The summed E-state index contributed by atoms with van der Waals surface area (Å²) in [7, 11) is 0. The molecule has 0 bridgehead atoms. The molecule has 0 spiro atoms. The fourth-order valence-electron chi connectivity index (χ4n) is 2.01. The molecule has 0 saturated carbocycles. The molecule has 1 rings (SSSR count). The van der Waals surface area contributed by atoms with Crippen molar-refractivity contribution in [2.45, 2.75) is 46.5 Å². The van der Waals surface area contributed by atoms with Gasteiger partial charge < -0.3 is 10.2 Å². The van der Waals surface area contributed by atoms with Crippen molar-refractivity contribution in [2.75, 3.05) is 18.4 Å². The summed E-state index contributed by atoms with van der Waals surface area (Å²) in [6.45, 7) is 10.8. The Labute approximate surface area is 123 Å². The molecule has 0 heterocycles. The molecule has 0 aliphatic rings. The standard InChI is InChI=1S/C16H26N2S/c1-5-11-18(12-6-2)16(19)17-15-9-7-14(8-10-15)13(3)4/h7-10,13H,5-6,11-12H2,1-4H3,(H,17,19). The Kier molecular flexibility index (Phi) is 6.85. The van der Waals surface area contributed by atoms with E-state index >= 15 is 0 Å². The zero-order valence-electron chi connectivity index (χ0n) is 12.6. The Bertz CT molecular complexity index is 378. The zero-order valence-corrected chi connectivity index (χ0v) is 13.4. The third-order valence-corrected chi connectivity index (χ3v) is 3.46. The minimum absolute atomic E-state index is 0.567. The molecule has 2 nitrogen and oxygen atoms in total. The minimum atomic E-state index is 0.567. The quantitative estimate of drug-likeness (QED) is 0.764. The molecule has 0 aliphatic carbocycles. The van der Waals surface area contributed by atoms with Gasteiger partial charge in [-0.15, -0.1) is 0 Å². The first-order valence-corrected chi connectivity index (χ1v) is 7.65. The van der Waals surface area contributed by atoms with Gasteiger partial charge in [0, 0.05) is 18.8 Å². The number of rotatable bonds is 6. The first-order valence-electron chi connectivity index (χ1n) is 7.24. The van der Waals surface area contributed by atoms with Crippen LogP contribution in [0.3, 0.4) is 0 Å². The van der Waals surface area contributed by atoms with Crippen molar-refractivity contribution in [2.24, 2.45) is 0 Å². The number of hydrogen-bond donors (Lipinski definition) is 1. The SMILES string of the molecule is CCCN(CCC)C(=S)Nc1ccc(C(C)C)cc1. The van der Waals surface area contributed by atoms with Crippen LogP contribution in [-0.2, 0) is 0 Å².